The van der Waals surface area contributed by atoms with Crippen molar-refractivity contribution in [2.75, 3.05) is 49.6 Å². The van der Waals surface area contributed by atoms with Crippen molar-refractivity contribution in [2.45, 2.75) is 57.3 Å². The molecule has 12 heteroatoms. The van der Waals surface area contributed by atoms with E-state index in [2.05, 4.69) is 15.4 Å². The largest absolute Gasteiger partial charge is 0.370 e. The summed E-state index contributed by atoms with van der Waals surface area (Å²) >= 11 is 0. The molecule has 0 bridgehead atoms. The molecule has 2 aromatic rings. The number of hydrogen-bond donors (Lipinski definition) is 1. The fourth-order valence-corrected chi connectivity index (χ4v) is 7.28. The summed E-state index contributed by atoms with van der Waals surface area (Å²) in [7, 11) is -3.97. The fraction of sp³-hybridized carbons (Fsp3) is 0.517. The van der Waals surface area contributed by atoms with Crippen LogP contribution in [0.2, 0.25) is 0 Å². The van der Waals surface area contributed by atoms with Gasteiger partial charge in [-0.3, -0.25) is 20.3 Å². The van der Waals surface area contributed by atoms with Crippen molar-refractivity contribution in [3.8, 4) is 0 Å². The third-order valence-electron chi connectivity index (χ3n) is 7.87. The Balaban J connectivity index is 1.57. The van der Waals surface area contributed by atoms with E-state index >= 15 is 0 Å². The highest BCUT2D eigenvalue weighted by Gasteiger charge is 2.30. The minimum Gasteiger partial charge on any atom is -0.370 e. The molecule has 2 fully saturated rings. The van der Waals surface area contributed by atoms with Gasteiger partial charge in [0.25, 0.3) is 5.69 Å². The van der Waals surface area contributed by atoms with Gasteiger partial charge in [0.05, 0.1) is 22.7 Å². The number of hydrogen-bond acceptors (Lipinski definition) is 8. The number of rotatable bonds is 10. The molecular formula is C29H40N6O5S. The summed E-state index contributed by atoms with van der Waals surface area (Å²) in [4.78, 5) is 27.8. The number of para-hydroxylation sites is 1. The Bertz CT molecular complexity index is 1350. The number of hydrazone groups is 1. The molecule has 0 aliphatic carbocycles. The van der Waals surface area contributed by atoms with Crippen LogP contribution in [0.25, 0.3) is 0 Å². The average Bonchev–Trinajstić information content (AvgIpc) is 3.28. The average molecular weight is 585 g/mol. The lowest BCUT2D eigenvalue weighted by molar-refractivity contribution is -0.385. The van der Waals surface area contributed by atoms with Crippen LogP contribution in [-0.2, 0) is 14.8 Å². The van der Waals surface area contributed by atoms with Crippen LogP contribution in [0, 0.1) is 16.0 Å². The number of non-ortho nitro benzene ring substituents is 1. The Morgan fingerprint density at radius 1 is 1.07 bits per heavy atom. The number of nitrogens with one attached hydrogen (secondary N) is 1. The van der Waals surface area contributed by atoms with Crippen LogP contribution in [0.5, 0.6) is 0 Å². The third kappa shape index (κ3) is 7.23. The van der Waals surface area contributed by atoms with Crippen molar-refractivity contribution in [1.29, 1.82) is 0 Å². The molecule has 2 aliphatic rings. The predicted molar refractivity (Wildman–Crippen MR) is 161 cm³/mol. The topological polar surface area (TPSA) is 128 Å². The molecule has 0 spiro atoms. The van der Waals surface area contributed by atoms with E-state index in [1.165, 1.54) is 16.4 Å². The molecule has 2 heterocycles. The smallest absolute Gasteiger partial charge is 0.270 e. The summed E-state index contributed by atoms with van der Waals surface area (Å²) in [6.07, 6.45) is 6.80. The number of anilines is 2. The Hall–Kier alpha value is -3.51. The van der Waals surface area contributed by atoms with Gasteiger partial charge in [0.1, 0.15) is 4.90 Å². The summed E-state index contributed by atoms with van der Waals surface area (Å²) in [6.45, 7) is 7.59. The molecule has 1 N–H and O–H groups in total. The summed E-state index contributed by atoms with van der Waals surface area (Å²) < 4.78 is 28.6. The normalized spacial score (nSPS) is 18.7. The van der Waals surface area contributed by atoms with Gasteiger partial charge in [-0.25, -0.2) is 8.42 Å². The highest BCUT2D eigenvalue weighted by molar-refractivity contribution is 7.89. The first-order valence-electron chi connectivity index (χ1n) is 14.5. The van der Waals surface area contributed by atoms with Gasteiger partial charge in [0.15, 0.2) is 0 Å². The van der Waals surface area contributed by atoms with E-state index in [1.54, 1.807) is 6.21 Å². The molecule has 0 saturated carbocycles. The number of carbonyl (C=O) groups is 1. The SMILES string of the molecule is CCN(CC)C(=O)[C@@H]1CCCN(c2ccccc2/C=N\Nc2ccc([N+](=O)[O-])cc2S(=O)(=O)N2CCCCCC2)C1. The molecule has 41 heavy (non-hydrogen) atoms. The molecule has 0 unspecified atom stereocenters. The van der Waals surface area contributed by atoms with E-state index < -0.39 is 14.9 Å². The maximum atomic E-state index is 13.6. The molecule has 0 radical (unpaired) electrons. The van der Waals surface area contributed by atoms with E-state index in [1.807, 2.05) is 43.0 Å². The van der Waals surface area contributed by atoms with Crippen molar-refractivity contribution in [3.63, 3.8) is 0 Å². The summed E-state index contributed by atoms with van der Waals surface area (Å²) in [5, 5.41) is 15.8. The number of amides is 1. The van der Waals surface area contributed by atoms with Crippen molar-refractivity contribution in [2.24, 2.45) is 11.0 Å². The Morgan fingerprint density at radius 2 is 1.78 bits per heavy atom. The number of benzene rings is 2. The lowest BCUT2D eigenvalue weighted by atomic mass is 9.95. The lowest BCUT2D eigenvalue weighted by Gasteiger charge is -2.36. The second-order valence-electron chi connectivity index (χ2n) is 10.5. The standard InChI is InChI=1S/C29H40N6O5S/c1-3-32(4-2)29(36)24-13-11-17-33(22-24)27-14-8-7-12-23(27)21-30-31-26-16-15-25(35(37)38)20-28(26)41(39,40)34-18-9-5-6-10-19-34/h7-8,12,14-16,20-21,24,31H,3-6,9-11,13,17-19,22H2,1-2H3/b30-21-/t24-/m1/s1. The van der Waals surface area contributed by atoms with Gasteiger partial charge in [-0.2, -0.15) is 9.41 Å². The first-order valence-corrected chi connectivity index (χ1v) is 15.9. The zero-order valence-corrected chi connectivity index (χ0v) is 24.7. The second-order valence-corrected chi connectivity index (χ2v) is 12.4. The number of piperidine rings is 1. The van der Waals surface area contributed by atoms with E-state index in [4.69, 9.17) is 0 Å². The van der Waals surface area contributed by atoms with Crippen LogP contribution in [0.4, 0.5) is 17.1 Å². The summed E-state index contributed by atoms with van der Waals surface area (Å²) in [5.41, 5.74) is 4.48. The van der Waals surface area contributed by atoms with Crippen LogP contribution in [0.15, 0.2) is 52.5 Å². The van der Waals surface area contributed by atoms with Crippen LogP contribution in [0.1, 0.15) is 57.9 Å². The van der Waals surface area contributed by atoms with E-state index in [0.717, 1.165) is 62.4 Å². The minimum absolute atomic E-state index is 0.0707. The maximum Gasteiger partial charge on any atom is 0.270 e. The number of carbonyl (C=O) groups excluding carboxylic acids is 1. The molecular weight excluding hydrogens is 544 g/mol. The fourth-order valence-electron chi connectivity index (χ4n) is 5.60. The van der Waals surface area contributed by atoms with Crippen LogP contribution in [-0.4, -0.2) is 73.9 Å². The highest BCUT2D eigenvalue weighted by Crippen LogP contribution is 2.31. The molecule has 2 aromatic carbocycles. The summed E-state index contributed by atoms with van der Waals surface area (Å²) in [6, 6.07) is 11.5. The molecule has 4 rings (SSSR count). The monoisotopic (exact) mass is 584 g/mol. The molecule has 2 saturated heterocycles. The van der Waals surface area contributed by atoms with Crippen LogP contribution < -0.4 is 10.3 Å². The molecule has 0 aromatic heterocycles. The van der Waals surface area contributed by atoms with Crippen molar-refractivity contribution in [3.05, 3.63) is 58.1 Å². The zero-order chi connectivity index (χ0) is 29.4. The van der Waals surface area contributed by atoms with Crippen molar-refractivity contribution >= 4 is 39.2 Å². The van der Waals surface area contributed by atoms with Gasteiger partial charge >= 0.3 is 0 Å². The zero-order valence-electron chi connectivity index (χ0n) is 23.9. The molecule has 2 aliphatic heterocycles. The lowest BCUT2D eigenvalue weighted by Crippen LogP contribution is -2.45. The van der Waals surface area contributed by atoms with E-state index in [-0.39, 0.29) is 28.1 Å². The predicted octanol–water partition coefficient (Wildman–Crippen LogP) is 4.69. The van der Waals surface area contributed by atoms with Crippen molar-refractivity contribution < 1.29 is 18.1 Å². The molecule has 1 atom stereocenters. The Kier molecular flexibility index (Phi) is 10.3. The second kappa shape index (κ2) is 13.9. The quantitative estimate of drug-likeness (QED) is 0.244. The van der Waals surface area contributed by atoms with Gasteiger partial charge in [0, 0.05) is 62.7 Å². The van der Waals surface area contributed by atoms with Crippen molar-refractivity contribution in [1.82, 2.24) is 9.21 Å². The summed E-state index contributed by atoms with van der Waals surface area (Å²) in [5.74, 6) is 0.113. The van der Waals surface area contributed by atoms with Crippen LogP contribution in [0.3, 0.4) is 0 Å². The van der Waals surface area contributed by atoms with E-state index in [9.17, 15) is 23.3 Å². The number of nitrogens with zero attached hydrogens (tertiary/aromatic N) is 5. The number of sulfonamides is 1. The molecule has 222 valence electrons. The Labute approximate surface area is 242 Å². The first-order chi connectivity index (χ1) is 19.8. The van der Waals surface area contributed by atoms with Gasteiger partial charge in [-0.15, -0.1) is 0 Å². The minimum atomic E-state index is -3.97. The first kappa shape index (κ1) is 30.4. The van der Waals surface area contributed by atoms with Gasteiger partial charge in [-0.05, 0) is 51.7 Å². The van der Waals surface area contributed by atoms with Gasteiger partial charge in [-0.1, -0.05) is 31.0 Å². The maximum absolute atomic E-state index is 13.6. The molecule has 1 amide bonds. The van der Waals surface area contributed by atoms with Gasteiger partial charge in [0.2, 0.25) is 15.9 Å². The highest BCUT2D eigenvalue weighted by atomic mass is 32.2. The van der Waals surface area contributed by atoms with Gasteiger partial charge < -0.3 is 9.80 Å². The van der Waals surface area contributed by atoms with Crippen LogP contribution >= 0.6 is 0 Å². The van der Waals surface area contributed by atoms with E-state index in [0.29, 0.717) is 32.7 Å². The number of nitro groups is 1. The third-order valence-corrected chi connectivity index (χ3v) is 9.81. The Morgan fingerprint density at radius 3 is 2.46 bits per heavy atom. The molecule has 11 nitrogen and oxygen atoms in total. The number of nitro benzene ring substituents is 1.